The molecule has 0 radical (unpaired) electrons. The lowest BCUT2D eigenvalue weighted by molar-refractivity contribution is 0.477. The number of ether oxygens (including phenoxy) is 1. The van der Waals surface area contributed by atoms with Crippen molar-refractivity contribution in [2.75, 3.05) is 4.90 Å². The molecule has 35 heavy (non-hydrogen) atoms. The van der Waals surface area contributed by atoms with E-state index in [0.717, 1.165) is 28.6 Å². The summed E-state index contributed by atoms with van der Waals surface area (Å²) in [6.45, 7) is 2.16. The molecule has 5 aromatic carbocycles. The molecule has 1 aromatic heterocycles. The lowest BCUT2D eigenvalue weighted by Crippen LogP contribution is -2.15. The molecule has 0 N–H and O–H groups in total. The van der Waals surface area contributed by atoms with Crippen molar-refractivity contribution in [2.24, 2.45) is 7.05 Å². The number of hydrogen-bond acceptors (Lipinski definition) is 2. The minimum Gasteiger partial charge on any atom is -0.453 e. The maximum absolute atomic E-state index is 6.16. The highest BCUT2D eigenvalue weighted by molar-refractivity contribution is 6.09. The molecular formula is C32H24N2O. The van der Waals surface area contributed by atoms with Crippen LogP contribution in [-0.2, 0) is 7.05 Å². The predicted octanol–water partition coefficient (Wildman–Crippen LogP) is 8.88. The Kier molecular flexibility index (Phi) is 4.27. The van der Waals surface area contributed by atoms with Gasteiger partial charge in [-0.05, 0) is 78.7 Å². The highest BCUT2D eigenvalue weighted by Crippen LogP contribution is 2.50. The first-order valence-corrected chi connectivity index (χ1v) is 11.9. The van der Waals surface area contributed by atoms with E-state index in [4.69, 9.17) is 4.74 Å². The van der Waals surface area contributed by atoms with Crippen LogP contribution in [0.2, 0.25) is 0 Å². The molecule has 6 aromatic rings. The topological polar surface area (TPSA) is 17.4 Å². The van der Waals surface area contributed by atoms with Gasteiger partial charge in [0.1, 0.15) is 0 Å². The molecule has 168 valence electrons. The molecule has 7 rings (SSSR count). The van der Waals surface area contributed by atoms with Gasteiger partial charge < -0.3 is 14.2 Å². The normalized spacial score (nSPS) is 12.5. The number of benzene rings is 5. The number of rotatable bonds is 2. The number of hydrogen-bond donors (Lipinski definition) is 0. The van der Waals surface area contributed by atoms with E-state index in [9.17, 15) is 0 Å². The maximum Gasteiger partial charge on any atom is 0.151 e. The van der Waals surface area contributed by atoms with Crippen LogP contribution in [0.1, 0.15) is 5.56 Å². The van der Waals surface area contributed by atoms with Crippen LogP contribution in [0.4, 0.5) is 17.1 Å². The fraction of sp³-hybridized carbons (Fsp3) is 0.0625. The van der Waals surface area contributed by atoms with E-state index in [-0.39, 0.29) is 0 Å². The first-order chi connectivity index (χ1) is 17.2. The molecule has 0 spiro atoms. The smallest absolute Gasteiger partial charge is 0.151 e. The Morgan fingerprint density at radius 2 is 1.14 bits per heavy atom. The number of para-hydroxylation sites is 4. The van der Waals surface area contributed by atoms with Gasteiger partial charge in [-0.25, -0.2) is 0 Å². The van der Waals surface area contributed by atoms with Gasteiger partial charge in [0.25, 0.3) is 0 Å². The lowest BCUT2D eigenvalue weighted by Gasteiger charge is -2.32. The quantitative estimate of drug-likeness (QED) is 0.261. The van der Waals surface area contributed by atoms with Crippen molar-refractivity contribution >= 4 is 38.9 Å². The molecule has 1 aliphatic heterocycles. The molecule has 0 unspecified atom stereocenters. The molecular weight excluding hydrogens is 428 g/mol. The molecule has 0 bridgehead atoms. The molecule has 0 saturated carbocycles. The Bertz CT molecular complexity index is 1700. The summed E-state index contributed by atoms with van der Waals surface area (Å²) in [5, 5.41) is 2.60. The molecule has 0 aliphatic carbocycles. The zero-order valence-corrected chi connectivity index (χ0v) is 19.7. The molecule has 1 aliphatic rings. The van der Waals surface area contributed by atoms with Crippen molar-refractivity contribution in [3.63, 3.8) is 0 Å². The Balaban J connectivity index is 1.33. The summed E-state index contributed by atoms with van der Waals surface area (Å²) < 4.78 is 8.45. The Labute approximate surface area is 204 Å². The van der Waals surface area contributed by atoms with E-state index in [0.29, 0.717) is 0 Å². The highest BCUT2D eigenvalue weighted by atomic mass is 16.5. The van der Waals surface area contributed by atoms with Crippen LogP contribution in [0.5, 0.6) is 11.5 Å². The summed E-state index contributed by atoms with van der Waals surface area (Å²) in [6.07, 6.45) is 0. The van der Waals surface area contributed by atoms with Gasteiger partial charge in [0, 0.05) is 34.5 Å². The third kappa shape index (κ3) is 3.05. The van der Waals surface area contributed by atoms with Crippen molar-refractivity contribution in [3.05, 3.63) is 115 Å². The van der Waals surface area contributed by atoms with Gasteiger partial charge >= 0.3 is 0 Å². The minimum absolute atomic E-state index is 0.868. The summed E-state index contributed by atoms with van der Waals surface area (Å²) in [6, 6.07) is 38.7. The van der Waals surface area contributed by atoms with Gasteiger partial charge in [-0.2, -0.15) is 0 Å². The summed E-state index contributed by atoms with van der Waals surface area (Å²) in [4.78, 5) is 2.27. The van der Waals surface area contributed by atoms with Gasteiger partial charge in [0.05, 0.1) is 11.4 Å². The maximum atomic E-state index is 6.16. The van der Waals surface area contributed by atoms with Gasteiger partial charge in [-0.1, -0.05) is 54.1 Å². The fourth-order valence-corrected chi connectivity index (χ4v) is 5.30. The molecule has 2 heterocycles. The number of anilines is 3. The van der Waals surface area contributed by atoms with Gasteiger partial charge in [-0.3, -0.25) is 0 Å². The van der Waals surface area contributed by atoms with Crippen molar-refractivity contribution in [1.82, 2.24) is 4.57 Å². The summed E-state index contributed by atoms with van der Waals surface area (Å²) >= 11 is 0. The number of aromatic nitrogens is 1. The van der Waals surface area contributed by atoms with Gasteiger partial charge in [0.2, 0.25) is 0 Å². The second-order valence-corrected chi connectivity index (χ2v) is 9.23. The zero-order valence-electron chi connectivity index (χ0n) is 19.7. The van der Waals surface area contributed by atoms with Crippen molar-refractivity contribution in [3.8, 4) is 22.6 Å². The van der Waals surface area contributed by atoms with Crippen LogP contribution in [0.25, 0.3) is 32.9 Å². The average molecular weight is 453 g/mol. The SMILES string of the molecule is Cc1ccc2c(c1)c1cc(-c3ccc(N4c5ccccc5Oc5ccccc54)cc3)ccc1n2C. The Morgan fingerprint density at radius 1 is 0.571 bits per heavy atom. The average Bonchev–Trinajstić information content (AvgIpc) is 3.18. The van der Waals surface area contributed by atoms with E-state index >= 15 is 0 Å². The second-order valence-electron chi connectivity index (χ2n) is 9.23. The largest absolute Gasteiger partial charge is 0.453 e. The van der Waals surface area contributed by atoms with Crippen molar-refractivity contribution < 1.29 is 4.74 Å². The van der Waals surface area contributed by atoms with Gasteiger partial charge in [0.15, 0.2) is 11.5 Å². The molecule has 0 amide bonds. The summed E-state index contributed by atoms with van der Waals surface area (Å²) in [5.41, 5.74) is 9.44. The monoisotopic (exact) mass is 452 g/mol. The van der Waals surface area contributed by atoms with Crippen LogP contribution in [0, 0.1) is 6.92 Å². The standard InChI is InChI=1S/C32H24N2O/c1-21-11-17-27-25(19-21)26-20-23(14-18-28(26)33(27)2)22-12-15-24(16-13-22)34-29-7-3-5-9-31(29)35-32-10-6-4-8-30(32)34/h3-20H,1-2H3. The predicted molar refractivity (Wildman–Crippen MR) is 145 cm³/mol. The fourth-order valence-electron chi connectivity index (χ4n) is 5.30. The highest BCUT2D eigenvalue weighted by Gasteiger charge is 2.25. The van der Waals surface area contributed by atoms with Crippen molar-refractivity contribution in [2.45, 2.75) is 6.92 Å². The number of nitrogens with zero attached hydrogens (tertiary/aromatic N) is 2. The molecule has 3 nitrogen and oxygen atoms in total. The van der Waals surface area contributed by atoms with Crippen molar-refractivity contribution in [1.29, 1.82) is 0 Å². The van der Waals surface area contributed by atoms with Crippen LogP contribution in [-0.4, -0.2) is 4.57 Å². The van der Waals surface area contributed by atoms with E-state index in [1.807, 2.05) is 24.3 Å². The minimum atomic E-state index is 0.868. The van der Waals surface area contributed by atoms with Crippen LogP contribution < -0.4 is 9.64 Å². The van der Waals surface area contributed by atoms with Crippen LogP contribution in [0.3, 0.4) is 0 Å². The molecule has 0 atom stereocenters. The van der Waals surface area contributed by atoms with E-state index in [2.05, 4.69) is 108 Å². The van der Waals surface area contributed by atoms with Gasteiger partial charge in [-0.15, -0.1) is 0 Å². The number of fused-ring (bicyclic) bond motifs is 5. The summed E-state index contributed by atoms with van der Waals surface area (Å²) in [7, 11) is 2.15. The third-order valence-electron chi connectivity index (χ3n) is 7.05. The molecule has 0 saturated heterocycles. The van der Waals surface area contributed by atoms with E-state index < -0.39 is 0 Å². The Morgan fingerprint density at radius 3 is 1.83 bits per heavy atom. The Hall–Kier alpha value is -4.50. The molecule has 0 fully saturated rings. The van der Waals surface area contributed by atoms with E-state index in [1.54, 1.807) is 0 Å². The third-order valence-corrected chi connectivity index (χ3v) is 7.05. The van der Waals surface area contributed by atoms with Crippen LogP contribution in [0.15, 0.2) is 109 Å². The summed E-state index contributed by atoms with van der Waals surface area (Å²) in [5.74, 6) is 1.74. The second kappa shape index (κ2) is 7.51. The number of aryl methyl sites for hydroxylation is 2. The molecule has 3 heteroatoms. The lowest BCUT2D eigenvalue weighted by atomic mass is 10.0. The first kappa shape index (κ1) is 19.9. The van der Waals surface area contributed by atoms with E-state index in [1.165, 1.54) is 38.5 Å². The van der Waals surface area contributed by atoms with Crippen LogP contribution >= 0.6 is 0 Å². The first-order valence-electron chi connectivity index (χ1n) is 11.9. The zero-order chi connectivity index (χ0) is 23.5.